The number of halogens is 1. The molecule has 3 aromatic carbocycles. The van der Waals surface area contributed by atoms with Gasteiger partial charge in [-0.25, -0.2) is 0 Å². The Bertz CT molecular complexity index is 1450. The predicted octanol–water partition coefficient (Wildman–Crippen LogP) is 6.70. The second-order valence-corrected chi connectivity index (χ2v) is 12.7. The Balaban J connectivity index is 1.21. The normalized spacial score (nSPS) is 17.6. The van der Waals surface area contributed by atoms with E-state index in [0.717, 1.165) is 48.2 Å². The first-order chi connectivity index (χ1) is 21.3. The summed E-state index contributed by atoms with van der Waals surface area (Å²) < 4.78 is 0. The molecule has 1 fully saturated rings. The fourth-order valence-electron chi connectivity index (χ4n) is 6.34. The highest BCUT2D eigenvalue weighted by molar-refractivity contribution is 6.30. The van der Waals surface area contributed by atoms with Crippen molar-refractivity contribution < 1.29 is 9.59 Å². The lowest BCUT2D eigenvalue weighted by Crippen LogP contribution is -2.44. The fraction of sp³-hybridized carbons (Fsp3) is 0.444. The number of rotatable bonds is 10. The lowest BCUT2D eigenvalue weighted by molar-refractivity contribution is 0.0985. The van der Waals surface area contributed by atoms with Gasteiger partial charge in [-0.1, -0.05) is 36.2 Å². The first kappa shape index (κ1) is 32.2. The molecule has 1 unspecified atom stereocenters. The highest BCUT2D eigenvalue weighted by atomic mass is 35.5. The number of nitrogens with zero attached hydrogens (tertiary/aromatic N) is 3. The summed E-state index contributed by atoms with van der Waals surface area (Å²) in [7, 11) is 2.20. The molecular formula is C36H46ClN5O2. The number of aryl methyl sites for hydroxylation is 2. The van der Waals surface area contributed by atoms with Gasteiger partial charge in [0, 0.05) is 66.3 Å². The number of anilines is 2. The van der Waals surface area contributed by atoms with Crippen LogP contribution in [0.4, 0.5) is 11.4 Å². The third kappa shape index (κ3) is 8.07. The molecule has 1 saturated heterocycles. The Labute approximate surface area is 267 Å². The Kier molecular flexibility index (Phi) is 11.1. The van der Waals surface area contributed by atoms with E-state index in [9.17, 15) is 9.59 Å². The third-order valence-electron chi connectivity index (χ3n) is 9.02. The third-order valence-corrected chi connectivity index (χ3v) is 9.25. The minimum atomic E-state index is -0.159. The van der Waals surface area contributed by atoms with Gasteiger partial charge in [0.15, 0.2) is 0 Å². The first-order valence-corrected chi connectivity index (χ1v) is 16.4. The number of benzene rings is 3. The van der Waals surface area contributed by atoms with Crippen LogP contribution in [0.5, 0.6) is 0 Å². The smallest absolute Gasteiger partial charge is 0.258 e. The zero-order valence-electron chi connectivity index (χ0n) is 26.4. The van der Waals surface area contributed by atoms with Gasteiger partial charge >= 0.3 is 0 Å². The molecule has 0 bridgehead atoms. The van der Waals surface area contributed by atoms with Crippen molar-refractivity contribution in [3.63, 3.8) is 0 Å². The molecule has 5 rings (SSSR count). The fourth-order valence-corrected chi connectivity index (χ4v) is 6.52. The van der Waals surface area contributed by atoms with Crippen LogP contribution in [0.1, 0.15) is 75.6 Å². The summed E-state index contributed by atoms with van der Waals surface area (Å²) in [4.78, 5) is 33.7. The zero-order valence-corrected chi connectivity index (χ0v) is 27.1. The van der Waals surface area contributed by atoms with Gasteiger partial charge < -0.3 is 25.3 Å². The lowest BCUT2D eigenvalue weighted by atomic mass is 10.0. The van der Waals surface area contributed by atoms with Crippen LogP contribution in [-0.4, -0.2) is 74.5 Å². The molecule has 2 N–H and O–H groups in total. The topological polar surface area (TPSA) is 67.9 Å². The second kappa shape index (κ2) is 15.2. The summed E-state index contributed by atoms with van der Waals surface area (Å²) in [5, 5.41) is 7.45. The van der Waals surface area contributed by atoms with Crippen LogP contribution in [0, 0.1) is 13.8 Å². The van der Waals surface area contributed by atoms with Crippen LogP contribution in [0.3, 0.4) is 0 Å². The van der Waals surface area contributed by atoms with Gasteiger partial charge in [0.1, 0.15) is 0 Å². The second-order valence-electron chi connectivity index (χ2n) is 12.3. The minimum absolute atomic E-state index is 0.0348. The minimum Gasteiger partial charge on any atom is -0.322 e. The molecule has 7 nitrogen and oxygen atoms in total. The average molecular weight is 616 g/mol. The molecule has 3 aromatic rings. The maximum Gasteiger partial charge on any atom is 0.258 e. The van der Waals surface area contributed by atoms with Crippen molar-refractivity contribution in [1.82, 2.24) is 15.1 Å². The molecule has 0 spiro atoms. The number of likely N-dealkylation sites (N-methyl/N-ethyl adjacent to an activating group) is 1. The van der Waals surface area contributed by atoms with Crippen LogP contribution in [0.15, 0.2) is 60.7 Å². The van der Waals surface area contributed by atoms with Gasteiger partial charge in [-0.3, -0.25) is 9.59 Å². The SMILES string of the molecule is Cc1ccccc1C(=O)Nc1ccc(C(=O)N2CCCC(NCCCCCN3CCN(C)CC3)c3cc(Cl)ccc32)c(C)c1. The molecular weight excluding hydrogens is 570 g/mol. The van der Waals surface area contributed by atoms with Crippen molar-refractivity contribution >= 4 is 34.8 Å². The van der Waals surface area contributed by atoms with E-state index in [1.807, 2.05) is 79.4 Å². The van der Waals surface area contributed by atoms with Crippen molar-refractivity contribution in [3.8, 4) is 0 Å². The maximum absolute atomic E-state index is 14.0. The van der Waals surface area contributed by atoms with Crippen LogP contribution >= 0.6 is 11.6 Å². The van der Waals surface area contributed by atoms with Crippen LogP contribution in [-0.2, 0) is 0 Å². The molecule has 2 amide bonds. The molecule has 2 aliphatic heterocycles. The number of hydrogen-bond donors (Lipinski definition) is 2. The van der Waals surface area contributed by atoms with Gasteiger partial charge in [-0.05, 0) is 119 Å². The number of amides is 2. The largest absolute Gasteiger partial charge is 0.322 e. The van der Waals surface area contributed by atoms with Gasteiger partial charge in [-0.2, -0.15) is 0 Å². The van der Waals surface area contributed by atoms with Gasteiger partial charge in [0.25, 0.3) is 11.8 Å². The highest BCUT2D eigenvalue weighted by Crippen LogP contribution is 2.36. The Morgan fingerprint density at radius 2 is 1.66 bits per heavy atom. The number of fused-ring (bicyclic) bond motifs is 1. The summed E-state index contributed by atoms with van der Waals surface area (Å²) in [6.45, 7) is 11.3. The Hall–Kier alpha value is -3.23. The Morgan fingerprint density at radius 3 is 2.43 bits per heavy atom. The average Bonchev–Trinajstić information content (AvgIpc) is 3.18. The standard InChI is InChI=1S/C36H46ClN5O2/c1-26-10-5-6-11-30(26)35(43)39-29-14-15-31(27(2)24-29)36(44)42-19-9-12-33(32-25-28(37)13-16-34(32)42)38-17-7-4-8-18-41-22-20-40(3)21-23-41/h5-6,10-11,13-16,24-25,33,38H,4,7-9,12,17-23H2,1-3H3,(H,39,43). The van der Waals surface area contributed by atoms with Crippen molar-refractivity contribution in [1.29, 1.82) is 0 Å². The number of hydrogen-bond acceptors (Lipinski definition) is 5. The number of piperazine rings is 1. The quantitative estimate of drug-likeness (QED) is 0.249. The van der Waals surface area contributed by atoms with Gasteiger partial charge in [0.05, 0.1) is 0 Å². The number of unbranched alkanes of at least 4 members (excludes halogenated alkanes) is 2. The van der Waals surface area contributed by atoms with E-state index in [1.165, 1.54) is 45.6 Å². The molecule has 0 radical (unpaired) electrons. The van der Waals surface area contributed by atoms with Crippen LogP contribution in [0.25, 0.3) is 0 Å². The molecule has 0 aliphatic carbocycles. The summed E-state index contributed by atoms with van der Waals surface area (Å²) in [6, 6.07) is 19.0. The monoisotopic (exact) mass is 615 g/mol. The molecule has 234 valence electrons. The maximum atomic E-state index is 14.0. The van der Waals surface area contributed by atoms with Crippen molar-refractivity contribution in [3.05, 3.63) is 93.5 Å². The summed E-state index contributed by atoms with van der Waals surface area (Å²) in [6.07, 6.45) is 5.41. The summed E-state index contributed by atoms with van der Waals surface area (Å²) in [5.41, 5.74) is 5.68. The van der Waals surface area contributed by atoms with Crippen molar-refractivity contribution in [2.24, 2.45) is 0 Å². The number of carbonyl (C=O) groups is 2. The number of nitrogens with one attached hydrogen (secondary N) is 2. The molecule has 8 heteroatoms. The molecule has 2 aliphatic rings. The zero-order chi connectivity index (χ0) is 31.1. The van der Waals surface area contributed by atoms with E-state index < -0.39 is 0 Å². The molecule has 0 aromatic heterocycles. The van der Waals surface area contributed by atoms with E-state index >= 15 is 0 Å². The first-order valence-electron chi connectivity index (χ1n) is 16.0. The van der Waals surface area contributed by atoms with Crippen LogP contribution < -0.4 is 15.5 Å². The van der Waals surface area contributed by atoms with Crippen LogP contribution in [0.2, 0.25) is 5.02 Å². The summed E-state index contributed by atoms with van der Waals surface area (Å²) >= 11 is 6.49. The highest BCUT2D eigenvalue weighted by Gasteiger charge is 2.28. The van der Waals surface area contributed by atoms with Crippen molar-refractivity contribution in [2.45, 2.75) is 52.0 Å². The van der Waals surface area contributed by atoms with Crippen molar-refractivity contribution in [2.75, 3.05) is 63.1 Å². The van der Waals surface area contributed by atoms with E-state index in [4.69, 9.17) is 11.6 Å². The molecule has 1 atom stereocenters. The van der Waals surface area contributed by atoms with Gasteiger partial charge in [0.2, 0.25) is 0 Å². The van der Waals surface area contributed by atoms with E-state index in [-0.39, 0.29) is 17.9 Å². The number of carbonyl (C=O) groups excluding carboxylic acids is 2. The van der Waals surface area contributed by atoms with E-state index in [2.05, 4.69) is 27.5 Å². The Morgan fingerprint density at radius 1 is 0.864 bits per heavy atom. The lowest BCUT2D eigenvalue weighted by Gasteiger charge is -2.32. The molecule has 0 saturated carbocycles. The van der Waals surface area contributed by atoms with E-state index in [1.54, 1.807) is 0 Å². The van der Waals surface area contributed by atoms with Gasteiger partial charge in [-0.15, -0.1) is 0 Å². The molecule has 2 heterocycles. The predicted molar refractivity (Wildman–Crippen MR) is 181 cm³/mol. The van der Waals surface area contributed by atoms with E-state index in [0.29, 0.717) is 28.4 Å². The molecule has 44 heavy (non-hydrogen) atoms. The summed E-state index contributed by atoms with van der Waals surface area (Å²) in [5.74, 6) is -0.194.